The average molecular weight is 319 g/mol. The molecule has 1 aromatic rings. The molecule has 5 heteroatoms. The molecule has 0 unspecified atom stereocenters. The lowest BCUT2D eigenvalue weighted by molar-refractivity contribution is -0.697. The summed E-state index contributed by atoms with van der Waals surface area (Å²) in [6.07, 6.45) is 8.04. The van der Waals surface area contributed by atoms with Crippen molar-refractivity contribution in [2.24, 2.45) is 5.92 Å². The molecule has 1 aliphatic rings. The van der Waals surface area contributed by atoms with Gasteiger partial charge in [0.1, 0.15) is 6.54 Å². The minimum Gasteiger partial charge on any atom is -0.466 e. The number of aromatic nitrogens is 1. The van der Waals surface area contributed by atoms with Crippen LogP contribution in [-0.4, -0.2) is 36.5 Å². The Bertz CT molecular complexity index is 496. The number of esters is 1. The molecule has 0 bridgehead atoms. The van der Waals surface area contributed by atoms with E-state index in [4.69, 9.17) is 4.74 Å². The molecule has 0 aliphatic carbocycles. The summed E-state index contributed by atoms with van der Waals surface area (Å²) in [5, 5.41) is 0. The number of amides is 1. The molecule has 1 aliphatic heterocycles. The number of nitrogens with zero attached hydrogens (tertiary/aromatic N) is 2. The Kier molecular flexibility index (Phi) is 7.04. The third-order valence-corrected chi connectivity index (χ3v) is 4.30. The molecule has 1 fully saturated rings. The lowest BCUT2D eigenvalue weighted by Crippen LogP contribution is -2.40. The zero-order chi connectivity index (χ0) is 16.5. The standard InChI is InChI=1S/C18H27N2O3/c1-2-23-18(22)16-9-14-20(15-10-16)17(21)8-4-7-13-19-11-5-3-6-12-19/h3,5-6,11-12,16H,2,4,7-10,13-15H2,1H3/q+1. The minimum atomic E-state index is -0.112. The molecule has 0 aromatic carbocycles. The van der Waals surface area contributed by atoms with Crippen LogP contribution < -0.4 is 4.57 Å². The van der Waals surface area contributed by atoms with Gasteiger partial charge in [0, 0.05) is 38.1 Å². The fourth-order valence-electron chi connectivity index (χ4n) is 2.94. The van der Waals surface area contributed by atoms with Crippen LogP contribution in [0.4, 0.5) is 0 Å². The van der Waals surface area contributed by atoms with E-state index < -0.39 is 0 Å². The van der Waals surface area contributed by atoms with E-state index in [1.165, 1.54) is 0 Å². The van der Waals surface area contributed by atoms with Crippen LogP contribution in [0.1, 0.15) is 39.0 Å². The smallest absolute Gasteiger partial charge is 0.309 e. The van der Waals surface area contributed by atoms with Gasteiger partial charge in [-0.1, -0.05) is 6.07 Å². The number of rotatable bonds is 7. The largest absolute Gasteiger partial charge is 0.466 e. The van der Waals surface area contributed by atoms with Crippen molar-refractivity contribution in [2.75, 3.05) is 19.7 Å². The molecule has 1 amide bonds. The Morgan fingerprint density at radius 2 is 1.83 bits per heavy atom. The van der Waals surface area contributed by atoms with E-state index in [-0.39, 0.29) is 17.8 Å². The molecule has 0 radical (unpaired) electrons. The van der Waals surface area contributed by atoms with Crippen LogP contribution in [0.25, 0.3) is 0 Å². The molecule has 0 spiro atoms. The number of aryl methyl sites for hydroxylation is 1. The van der Waals surface area contributed by atoms with Gasteiger partial charge in [-0.05, 0) is 26.2 Å². The number of carbonyl (C=O) groups excluding carboxylic acids is 2. The summed E-state index contributed by atoms with van der Waals surface area (Å²) in [5.74, 6) is 0.0679. The quantitative estimate of drug-likeness (QED) is 0.438. The zero-order valence-electron chi connectivity index (χ0n) is 13.9. The van der Waals surface area contributed by atoms with Gasteiger partial charge in [0.05, 0.1) is 12.5 Å². The first-order chi connectivity index (χ1) is 11.2. The number of ether oxygens (including phenoxy) is 1. The number of likely N-dealkylation sites (tertiary alicyclic amines) is 1. The van der Waals surface area contributed by atoms with Gasteiger partial charge in [-0.25, -0.2) is 4.57 Å². The van der Waals surface area contributed by atoms with Crippen molar-refractivity contribution < 1.29 is 18.9 Å². The van der Waals surface area contributed by atoms with Gasteiger partial charge >= 0.3 is 5.97 Å². The third kappa shape index (κ3) is 5.66. The van der Waals surface area contributed by atoms with Gasteiger partial charge in [-0.2, -0.15) is 0 Å². The fourth-order valence-corrected chi connectivity index (χ4v) is 2.94. The Morgan fingerprint density at radius 3 is 2.48 bits per heavy atom. The van der Waals surface area contributed by atoms with Crippen LogP contribution in [0.15, 0.2) is 30.6 Å². The molecular weight excluding hydrogens is 292 g/mol. The van der Waals surface area contributed by atoms with Crippen LogP contribution in [0.3, 0.4) is 0 Å². The lowest BCUT2D eigenvalue weighted by atomic mass is 9.96. The number of piperidine rings is 1. The van der Waals surface area contributed by atoms with Crippen LogP contribution >= 0.6 is 0 Å². The van der Waals surface area contributed by atoms with Crippen molar-refractivity contribution in [3.8, 4) is 0 Å². The number of unbranched alkanes of at least 4 members (excludes halogenated alkanes) is 1. The van der Waals surface area contributed by atoms with Crippen LogP contribution in [0, 0.1) is 5.92 Å². The fraction of sp³-hybridized carbons (Fsp3) is 0.611. The first kappa shape index (κ1) is 17.4. The molecule has 1 saturated heterocycles. The van der Waals surface area contributed by atoms with E-state index >= 15 is 0 Å². The second-order valence-electron chi connectivity index (χ2n) is 5.98. The van der Waals surface area contributed by atoms with Crippen molar-refractivity contribution in [3.63, 3.8) is 0 Å². The molecule has 23 heavy (non-hydrogen) atoms. The Balaban J connectivity index is 1.62. The molecule has 5 nitrogen and oxygen atoms in total. The highest BCUT2D eigenvalue weighted by Gasteiger charge is 2.27. The number of hydrogen-bond donors (Lipinski definition) is 0. The van der Waals surface area contributed by atoms with Crippen molar-refractivity contribution in [1.82, 2.24) is 4.90 Å². The van der Waals surface area contributed by atoms with Crippen molar-refractivity contribution >= 4 is 11.9 Å². The molecule has 0 N–H and O–H groups in total. The van der Waals surface area contributed by atoms with Gasteiger partial charge in [0.15, 0.2) is 12.4 Å². The predicted octanol–water partition coefficient (Wildman–Crippen LogP) is 1.95. The Hall–Kier alpha value is -1.91. The van der Waals surface area contributed by atoms with E-state index in [9.17, 15) is 9.59 Å². The van der Waals surface area contributed by atoms with Crippen molar-refractivity contribution in [3.05, 3.63) is 30.6 Å². The van der Waals surface area contributed by atoms with E-state index in [2.05, 4.69) is 4.57 Å². The zero-order valence-corrected chi connectivity index (χ0v) is 13.9. The Morgan fingerprint density at radius 1 is 1.13 bits per heavy atom. The molecule has 2 rings (SSSR count). The van der Waals surface area contributed by atoms with Crippen LogP contribution in [0.2, 0.25) is 0 Å². The highest BCUT2D eigenvalue weighted by Crippen LogP contribution is 2.19. The van der Waals surface area contributed by atoms with E-state index in [0.29, 0.717) is 26.1 Å². The summed E-state index contributed by atoms with van der Waals surface area (Å²) in [6.45, 7) is 4.55. The van der Waals surface area contributed by atoms with Crippen LogP contribution in [0.5, 0.6) is 0 Å². The molecule has 126 valence electrons. The molecule has 0 atom stereocenters. The van der Waals surface area contributed by atoms with Gasteiger partial charge in [-0.3, -0.25) is 9.59 Å². The lowest BCUT2D eigenvalue weighted by Gasteiger charge is -2.31. The maximum Gasteiger partial charge on any atom is 0.309 e. The van der Waals surface area contributed by atoms with Crippen molar-refractivity contribution in [1.29, 1.82) is 0 Å². The first-order valence-corrected chi connectivity index (χ1v) is 8.59. The average Bonchev–Trinajstić information content (AvgIpc) is 2.60. The summed E-state index contributed by atoms with van der Waals surface area (Å²) in [6, 6.07) is 6.03. The normalized spacial score (nSPS) is 15.4. The van der Waals surface area contributed by atoms with E-state index in [1.54, 1.807) is 0 Å². The highest BCUT2D eigenvalue weighted by molar-refractivity contribution is 5.77. The minimum absolute atomic E-state index is 0.0338. The number of carbonyl (C=O) groups is 2. The van der Waals surface area contributed by atoms with Crippen molar-refractivity contribution in [2.45, 2.75) is 45.6 Å². The van der Waals surface area contributed by atoms with E-state index in [1.807, 2.05) is 42.4 Å². The van der Waals surface area contributed by atoms with Gasteiger partial charge < -0.3 is 9.64 Å². The van der Waals surface area contributed by atoms with Gasteiger partial charge in [0.25, 0.3) is 0 Å². The second-order valence-corrected chi connectivity index (χ2v) is 5.98. The monoisotopic (exact) mass is 319 g/mol. The van der Waals surface area contributed by atoms with Gasteiger partial charge in [0.2, 0.25) is 5.91 Å². The summed E-state index contributed by atoms with van der Waals surface area (Å²) < 4.78 is 7.19. The maximum atomic E-state index is 12.2. The topological polar surface area (TPSA) is 50.5 Å². The first-order valence-electron chi connectivity index (χ1n) is 8.59. The SMILES string of the molecule is CCOC(=O)C1CCN(C(=O)CCCC[n+]2ccccc2)CC1. The molecular formula is C18H27N2O3+. The summed E-state index contributed by atoms with van der Waals surface area (Å²) in [4.78, 5) is 25.8. The van der Waals surface area contributed by atoms with Gasteiger partial charge in [-0.15, -0.1) is 0 Å². The number of hydrogen-bond acceptors (Lipinski definition) is 3. The predicted molar refractivity (Wildman–Crippen MR) is 86.4 cm³/mol. The molecule has 0 saturated carbocycles. The summed E-state index contributed by atoms with van der Waals surface area (Å²) >= 11 is 0. The number of pyridine rings is 1. The maximum absolute atomic E-state index is 12.2. The van der Waals surface area contributed by atoms with E-state index in [0.717, 1.165) is 32.2 Å². The molecule has 2 heterocycles. The second kappa shape index (κ2) is 9.28. The highest BCUT2D eigenvalue weighted by atomic mass is 16.5. The third-order valence-electron chi connectivity index (χ3n) is 4.30. The van der Waals surface area contributed by atoms with Crippen LogP contribution in [-0.2, 0) is 20.9 Å². The summed E-state index contributed by atoms with van der Waals surface area (Å²) in [5.41, 5.74) is 0. The summed E-state index contributed by atoms with van der Waals surface area (Å²) in [7, 11) is 0. The molecule has 1 aromatic heterocycles. The Labute approximate surface area is 138 Å².